The summed E-state index contributed by atoms with van der Waals surface area (Å²) in [6, 6.07) is 0. The highest BCUT2D eigenvalue weighted by Gasteiger charge is 1.93. The molecule has 0 aliphatic carbocycles. The summed E-state index contributed by atoms with van der Waals surface area (Å²) in [6.07, 6.45) is 22.2. The second-order valence-corrected chi connectivity index (χ2v) is 7.93. The number of unbranched alkanes of at least 4 members (excludes halogenated alkanes) is 1. The average molecular weight is 356 g/mol. The van der Waals surface area contributed by atoms with Crippen molar-refractivity contribution in [2.24, 2.45) is 0 Å². The molecule has 0 heteroatoms. The van der Waals surface area contributed by atoms with E-state index in [4.69, 9.17) is 0 Å². The van der Waals surface area contributed by atoms with Gasteiger partial charge in [-0.25, -0.2) is 0 Å². The number of allylic oxidation sites excluding steroid dienone is 10. The summed E-state index contributed by atoms with van der Waals surface area (Å²) < 4.78 is 0. The minimum absolute atomic E-state index is 0.928. The molecule has 0 bridgehead atoms. The van der Waals surface area contributed by atoms with Crippen LogP contribution in [-0.4, -0.2) is 0 Å². The molecule has 0 rings (SSSR count). The zero-order valence-corrected chi connectivity index (χ0v) is 18.5. The van der Waals surface area contributed by atoms with E-state index in [-0.39, 0.29) is 0 Å². The van der Waals surface area contributed by atoms with Crippen LogP contribution in [0.5, 0.6) is 0 Å². The molecule has 0 fully saturated rings. The Kier molecular flexibility index (Phi) is 15.1. The van der Waals surface area contributed by atoms with Gasteiger partial charge in [0.2, 0.25) is 0 Å². The lowest BCUT2D eigenvalue weighted by atomic mass is 10.0. The predicted molar refractivity (Wildman–Crippen MR) is 121 cm³/mol. The quantitative estimate of drug-likeness (QED) is 0.228. The number of rotatable bonds is 13. The third kappa shape index (κ3) is 16.2. The van der Waals surface area contributed by atoms with Crippen LogP contribution in [0.1, 0.15) is 99.3 Å². The maximum Gasteiger partial charge on any atom is -0.0288 e. The molecule has 147 valence electrons. The molecule has 0 amide bonds. The Bertz CT molecular complexity index is 516. The maximum atomic E-state index is 3.92. The van der Waals surface area contributed by atoms with Crippen LogP contribution in [0.4, 0.5) is 0 Å². The molecule has 0 aromatic heterocycles. The molecular weight excluding hydrogens is 312 g/mol. The Labute approximate surface area is 164 Å². The zero-order valence-electron chi connectivity index (χ0n) is 18.5. The van der Waals surface area contributed by atoms with E-state index in [9.17, 15) is 0 Å². The first-order chi connectivity index (χ1) is 12.3. The number of hydrogen-bond acceptors (Lipinski definition) is 0. The van der Waals surface area contributed by atoms with Crippen molar-refractivity contribution in [3.63, 3.8) is 0 Å². The lowest BCUT2D eigenvalue weighted by Crippen LogP contribution is -1.82. The Balaban J connectivity index is 4.00. The van der Waals surface area contributed by atoms with E-state index in [1.54, 1.807) is 0 Å². The molecule has 0 aromatic carbocycles. The van der Waals surface area contributed by atoms with Crippen molar-refractivity contribution < 1.29 is 0 Å². The first kappa shape index (κ1) is 24.7. The fraction of sp³-hybridized carbons (Fsp3) is 0.577. The van der Waals surface area contributed by atoms with Gasteiger partial charge in [-0.3, -0.25) is 0 Å². The lowest BCUT2D eigenvalue weighted by Gasteiger charge is -2.02. The van der Waals surface area contributed by atoms with Gasteiger partial charge in [0.15, 0.2) is 0 Å². The average Bonchev–Trinajstić information content (AvgIpc) is 2.58. The van der Waals surface area contributed by atoms with E-state index in [1.807, 2.05) is 0 Å². The first-order valence-electron chi connectivity index (χ1n) is 10.4. The highest BCUT2D eigenvalue weighted by molar-refractivity contribution is 5.07. The van der Waals surface area contributed by atoms with Gasteiger partial charge in [-0.05, 0) is 106 Å². The third-order valence-corrected chi connectivity index (χ3v) is 4.70. The van der Waals surface area contributed by atoms with Crippen LogP contribution in [-0.2, 0) is 0 Å². The summed E-state index contributed by atoms with van der Waals surface area (Å²) in [5, 5.41) is 0. The second kappa shape index (κ2) is 15.9. The van der Waals surface area contributed by atoms with E-state index >= 15 is 0 Å². The molecular formula is C26H43. The van der Waals surface area contributed by atoms with Gasteiger partial charge in [-0.2, -0.15) is 0 Å². The molecule has 0 saturated heterocycles. The highest BCUT2D eigenvalue weighted by atomic mass is 14.0. The van der Waals surface area contributed by atoms with E-state index in [1.165, 1.54) is 72.8 Å². The van der Waals surface area contributed by atoms with Crippen molar-refractivity contribution in [3.05, 3.63) is 65.2 Å². The largest absolute Gasteiger partial charge is 0.0856 e. The monoisotopic (exact) mass is 355 g/mol. The molecule has 0 aliphatic heterocycles. The van der Waals surface area contributed by atoms with Gasteiger partial charge in [0, 0.05) is 0 Å². The summed E-state index contributed by atoms with van der Waals surface area (Å²) in [5.41, 5.74) is 7.39. The molecule has 0 aromatic rings. The molecule has 26 heavy (non-hydrogen) atoms. The Morgan fingerprint density at radius 3 is 1.23 bits per heavy atom. The van der Waals surface area contributed by atoms with Crippen molar-refractivity contribution in [2.75, 3.05) is 0 Å². The molecule has 0 atom stereocenters. The van der Waals surface area contributed by atoms with E-state index in [0.717, 1.165) is 12.8 Å². The van der Waals surface area contributed by atoms with Crippen LogP contribution < -0.4 is 0 Å². The summed E-state index contributed by atoms with van der Waals surface area (Å²) in [4.78, 5) is 0. The van der Waals surface area contributed by atoms with E-state index in [0.29, 0.717) is 0 Å². The fourth-order valence-corrected chi connectivity index (χ4v) is 2.75. The maximum absolute atomic E-state index is 3.92. The van der Waals surface area contributed by atoms with Crippen molar-refractivity contribution in [2.45, 2.75) is 99.3 Å². The van der Waals surface area contributed by atoms with Gasteiger partial charge in [0.1, 0.15) is 0 Å². The van der Waals surface area contributed by atoms with Gasteiger partial charge < -0.3 is 0 Å². The minimum Gasteiger partial charge on any atom is -0.0856 e. The zero-order chi connectivity index (χ0) is 19.8. The van der Waals surface area contributed by atoms with Gasteiger partial charge in [-0.1, -0.05) is 58.2 Å². The fourth-order valence-electron chi connectivity index (χ4n) is 2.75. The normalized spacial score (nSPS) is 14.0. The van der Waals surface area contributed by atoms with E-state index in [2.05, 4.69) is 78.8 Å². The molecule has 1 radical (unpaired) electrons. The van der Waals surface area contributed by atoms with Gasteiger partial charge in [0.05, 0.1) is 0 Å². The molecule has 0 aliphatic rings. The predicted octanol–water partition coefficient (Wildman–Crippen LogP) is 9.08. The topological polar surface area (TPSA) is 0 Å². The Morgan fingerprint density at radius 2 is 0.846 bits per heavy atom. The summed E-state index contributed by atoms with van der Waals surface area (Å²) in [7, 11) is 0. The summed E-state index contributed by atoms with van der Waals surface area (Å²) >= 11 is 0. The van der Waals surface area contributed by atoms with Crippen molar-refractivity contribution in [1.82, 2.24) is 0 Å². The Morgan fingerprint density at radius 1 is 0.500 bits per heavy atom. The van der Waals surface area contributed by atoms with Crippen LogP contribution in [0.3, 0.4) is 0 Å². The van der Waals surface area contributed by atoms with Crippen LogP contribution in [0, 0.1) is 6.92 Å². The van der Waals surface area contributed by atoms with Crippen molar-refractivity contribution in [1.29, 1.82) is 0 Å². The summed E-state index contributed by atoms with van der Waals surface area (Å²) in [5.74, 6) is 0. The molecule has 0 heterocycles. The van der Waals surface area contributed by atoms with E-state index < -0.39 is 0 Å². The third-order valence-electron chi connectivity index (χ3n) is 4.70. The van der Waals surface area contributed by atoms with Gasteiger partial charge in [0.25, 0.3) is 0 Å². The molecule has 0 saturated carbocycles. The van der Waals surface area contributed by atoms with Gasteiger partial charge >= 0.3 is 0 Å². The van der Waals surface area contributed by atoms with Crippen LogP contribution in [0.25, 0.3) is 0 Å². The molecule has 0 unspecified atom stereocenters. The van der Waals surface area contributed by atoms with Crippen LogP contribution >= 0.6 is 0 Å². The summed E-state index contributed by atoms with van der Waals surface area (Å²) in [6.45, 7) is 17.2. The SMILES string of the molecule is [CH2]C/C(C)=C/CC/C(C)=C/CC/C=C(\C)CC/C=C(\C)CCC=C(C)C. The highest BCUT2D eigenvalue weighted by Crippen LogP contribution is 2.13. The lowest BCUT2D eigenvalue weighted by molar-refractivity contribution is 0.901. The van der Waals surface area contributed by atoms with Crippen LogP contribution in [0.2, 0.25) is 0 Å². The van der Waals surface area contributed by atoms with Gasteiger partial charge in [-0.15, -0.1) is 0 Å². The molecule has 0 N–H and O–H groups in total. The Hall–Kier alpha value is -1.30. The standard InChI is InChI=1S/C26H43/c1-8-23(4)17-12-19-24(5)15-9-10-16-25(6)20-13-21-26(7)18-11-14-22(2)3/h14-17,21H,1,8-13,18-20H2,2-7H3/b23-17+,24-15+,25-16+,26-21+. The smallest absolute Gasteiger partial charge is 0.0288 e. The first-order valence-corrected chi connectivity index (χ1v) is 10.4. The minimum atomic E-state index is 0.928. The van der Waals surface area contributed by atoms with Crippen molar-refractivity contribution >= 4 is 0 Å². The van der Waals surface area contributed by atoms with Crippen LogP contribution in [0.15, 0.2) is 58.2 Å². The second-order valence-electron chi connectivity index (χ2n) is 7.93. The van der Waals surface area contributed by atoms with Crippen molar-refractivity contribution in [3.8, 4) is 0 Å². The molecule has 0 nitrogen and oxygen atoms in total. The number of hydrogen-bond donors (Lipinski definition) is 0. The molecule has 0 spiro atoms.